The van der Waals surface area contributed by atoms with Crippen molar-refractivity contribution in [3.05, 3.63) is 82.0 Å². The van der Waals surface area contributed by atoms with Gasteiger partial charge in [-0.3, -0.25) is 9.69 Å². The summed E-state index contributed by atoms with van der Waals surface area (Å²) in [5.41, 5.74) is -3.73. The molecule has 3 heterocycles. The summed E-state index contributed by atoms with van der Waals surface area (Å²) in [6.45, 7) is 2.76. The van der Waals surface area contributed by atoms with E-state index in [2.05, 4.69) is 10.3 Å². The maximum atomic E-state index is 13.9. The average Bonchev–Trinajstić information content (AvgIpc) is 3.07. The van der Waals surface area contributed by atoms with E-state index in [9.17, 15) is 49.1 Å². The number of fused-ring (bicyclic) bond motifs is 1. The van der Waals surface area contributed by atoms with Crippen LogP contribution < -0.4 is 15.1 Å². The van der Waals surface area contributed by atoms with Crippen LogP contribution in [-0.4, -0.2) is 61.1 Å². The van der Waals surface area contributed by atoms with Crippen LogP contribution in [0.2, 0.25) is 0 Å². The number of rotatable bonds is 9. The number of morpholine rings is 1. The fourth-order valence-corrected chi connectivity index (χ4v) is 6.22. The molecule has 52 heavy (non-hydrogen) atoms. The number of halogens is 9. The van der Waals surface area contributed by atoms with Gasteiger partial charge in [-0.2, -0.15) is 39.5 Å². The monoisotopic (exact) mass is 748 g/mol. The van der Waals surface area contributed by atoms with Gasteiger partial charge >= 0.3 is 30.6 Å². The quantitative estimate of drug-likeness (QED) is 0.211. The van der Waals surface area contributed by atoms with Crippen LogP contribution in [0.3, 0.4) is 0 Å². The molecule has 2 aromatic carbocycles. The Kier molecular flexibility index (Phi) is 11.2. The molecule has 5 rings (SSSR count). The number of anilines is 3. The van der Waals surface area contributed by atoms with E-state index in [1.165, 1.54) is 6.20 Å². The van der Waals surface area contributed by atoms with E-state index in [1.807, 2.05) is 4.90 Å². The molecular formula is C34H33F9N4O5. The zero-order chi connectivity index (χ0) is 38.0. The van der Waals surface area contributed by atoms with E-state index in [0.29, 0.717) is 44.1 Å². The number of alkyl halides is 9. The van der Waals surface area contributed by atoms with Crippen LogP contribution in [0.1, 0.15) is 65.6 Å². The van der Waals surface area contributed by atoms with Crippen molar-refractivity contribution in [2.75, 3.05) is 48.0 Å². The lowest BCUT2D eigenvalue weighted by atomic mass is 9.88. The molecule has 0 radical (unpaired) electrons. The number of hydrogen-bond donors (Lipinski definition) is 2. The Labute approximate surface area is 291 Å². The molecule has 2 aliphatic heterocycles. The van der Waals surface area contributed by atoms with Crippen molar-refractivity contribution >= 4 is 29.3 Å². The topological polar surface area (TPSA) is 104 Å². The Hall–Kier alpha value is -4.74. The van der Waals surface area contributed by atoms with Gasteiger partial charge in [-0.05, 0) is 66.4 Å². The van der Waals surface area contributed by atoms with Gasteiger partial charge in [0.05, 0.1) is 59.9 Å². The van der Waals surface area contributed by atoms with Crippen LogP contribution in [0.15, 0.2) is 48.7 Å². The minimum Gasteiger partial charge on any atom is -0.481 e. The second-order valence-corrected chi connectivity index (χ2v) is 12.3. The van der Waals surface area contributed by atoms with E-state index >= 15 is 0 Å². The number of carboxylic acid groups (broad SMARTS) is 1. The molecule has 2 N–H and O–H groups in total. The normalized spacial score (nSPS) is 18.2. The maximum absolute atomic E-state index is 13.9. The van der Waals surface area contributed by atoms with E-state index in [-0.39, 0.29) is 47.1 Å². The molecule has 282 valence electrons. The number of carboxylic acids is 1. The summed E-state index contributed by atoms with van der Waals surface area (Å²) in [4.78, 5) is 31.6. The molecular weight excluding hydrogens is 715 g/mol. The number of amides is 1. The third kappa shape index (κ3) is 9.00. The Morgan fingerprint density at radius 1 is 0.923 bits per heavy atom. The van der Waals surface area contributed by atoms with Gasteiger partial charge < -0.3 is 24.8 Å². The molecule has 2 aliphatic rings. The van der Waals surface area contributed by atoms with Crippen molar-refractivity contribution in [3.63, 3.8) is 0 Å². The van der Waals surface area contributed by atoms with Crippen molar-refractivity contribution < 1.29 is 63.7 Å². The number of carbonyl (C=O) groups is 2. The first kappa shape index (κ1) is 38.5. The highest BCUT2D eigenvalue weighted by Gasteiger charge is 2.40. The van der Waals surface area contributed by atoms with E-state index in [0.717, 1.165) is 23.1 Å². The van der Waals surface area contributed by atoms with Crippen molar-refractivity contribution in [2.45, 2.75) is 63.2 Å². The standard InChI is InChI=1S/C34H33F9N4O5/c1-2-24-17-27(26-16-21(32(35,36)37)3-4-28(26)47(24)31(50)52-8-5-29(48)49)45-30-20(14-25(18-44-30)46-6-9-51-10-7-46)11-19-12-22(33(38,39)40)15-23(13-19)34(41,42)43/h3-4,12-16,18,24,27H,2,5-11,17H2,1H3,(H,44,45)(H,48,49)/t24-,27+/m1/s1. The van der Waals surface area contributed by atoms with Crippen LogP contribution >= 0.6 is 0 Å². The third-order valence-corrected chi connectivity index (χ3v) is 8.75. The molecule has 18 heteroatoms. The zero-order valence-corrected chi connectivity index (χ0v) is 27.5. The fraction of sp³-hybridized carbons (Fsp3) is 0.441. The molecule has 9 nitrogen and oxygen atoms in total. The molecule has 1 fully saturated rings. The number of aromatic nitrogens is 1. The van der Waals surface area contributed by atoms with Crippen molar-refractivity contribution in [2.24, 2.45) is 0 Å². The van der Waals surface area contributed by atoms with Crippen LogP contribution in [0.5, 0.6) is 0 Å². The SMILES string of the molecule is CC[C@@H]1C[C@H](Nc2ncc(N3CCOCC3)cc2Cc2cc(C(F)(F)F)cc(C(F)(F)F)c2)c2cc(C(F)(F)F)ccc2N1C(=O)OCCC(=O)O. The van der Waals surface area contributed by atoms with Crippen molar-refractivity contribution in [3.8, 4) is 0 Å². The minimum atomic E-state index is -5.09. The first-order valence-electron chi connectivity index (χ1n) is 16.1. The number of benzene rings is 2. The van der Waals surface area contributed by atoms with E-state index < -0.39 is 78.8 Å². The lowest BCUT2D eigenvalue weighted by Gasteiger charge is -2.40. The van der Waals surface area contributed by atoms with Crippen molar-refractivity contribution in [1.82, 2.24) is 4.98 Å². The summed E-state index contributed by atoms with van der Waals surface area (Å²) in [7, 11) is 0. The second kappa shape index (κ2) is 15.1. The molecule has 2 atom stereocenters. The van der Waals surface area contributed by atoms with Crippen LogP contribution in [0.4, 0.5) is 61.5 Å². The fourth-order valence-electron chi connectivity index (χ4n) is 6.22. The average molecular weight is 749 g/mol. The highest BCUT2D eigenvalue weighted by molar-refractivity contribution is 5.90. The van der Waals surface area contributed by atoms with Crippen LogP contribution in [0.25, 0.3) is 0 Å². The Morgan fingerprint density at radius 3 is 2.13 bits per heavy atom. The first-order chi connectivity index (χ1) is 24.3. The number of hydrogen-bond acceptors (Lipinski definition) is 7. The van der Waals surface area contributed by atoms with Gasteiger partial charge in [0.25, 0.3) is 0 Å². The second-order valence-electron chi connectivity index (χ2n) is 12.3. The van der Waals surface area contributed by atoms with Gasteiger partial charge in [0.15, 0.2) is 0 Å². The summed E-state index contributed by atoms with van der Waals surface area (Å²) in [6.07, 6.45) is -15.3. The van der Waals surface area contributed by atoms with Gasteiger partial charge in [-0.25, -0.2) is 9.78 Å². The Bertz CT molecular complexity index is 1740. The van der Waals surface area contributed by atoms with Crippen LogP contribution in [0, 0.1) is 0 Å². The molecule has 1 saturated heterocycles. The van der Waals surface area contributed by atoms with Gasteiger partial charge in [0, 0.05) is 31.1 Å². The van der Waals surface area contributed by atoms with Gasteiger partial charge in [-0.1, -0.05) is 6.92 Å². The summed E-state index contributed by atoms with van der Waals surface area (Å²) in [6, 6.07) is 3.80. The molecule has 0 saturated carbocycles. The number of nitrogens with one attached hydrogen (secondary N) is 1. The number of carbonyl (C=O) groups excluding carboxylic acids is 1. The summed E-state index contributed by atoms with van der Waals surface area (Å²) in [5, 5.41) is 12.0. The lowest BCUT2D eigenvalue weighted by Crippen LogP contribution is -2.46. The number of aliphatic carboxylic acids is 1. The van der Waals surface area contributed by atoms with E-state index in [1.54, 1.807) is 13.0 Å². The maximum Gasteiger partial charge on any atom is 0.416 e. The first-order valence-corrected chi connectivity index (χ1v) is 16.1. The smallest absolute Gasteiger partial charge is 0.416 e. The molecule has 1 amide bonds. The van der Waals surface area contributed by atoms with Gasteiger partial charge in [-0.15, -0.1) is 0 Å². The molecule has 1 aromatic heterocycles. The largest absolute Gasteiger partial charge is 0.481 e. The Balaban J connectivity index is 1.59. The predicted molar refractivity (Wildman–Crippen MR) is 169 cm³/mol. The molecule has 0 unspecified atom stereocenters. The summed E-state index contributed by atoms with van der Waals surface area (Å²) in [5.74, 6) is -1.25. The molecule has 0 spiro atoms. The number of ether oxygens (including phenoxy) is 2. The predicted octanol–water partition coefficient (Wildman–Crippen LogP) is 8.32. The molecule has 3 aromatic rings. The van der Waals surface area contributed by atoms with Gasteiger partial charge in [0.2, 0.25) is 0 Å². The molecule has 0 aliphatic carbocycles. The number of nitrogens with zero attached hydrogens (tertiary/aromatic N) is 3. The lowest BCUT2D eigenvalue weighted by molar-refractivity contribution is -0.143. The van der Waals surface area contributed by atoms with Crippen LogP contribution in [-0.2, 0) is 39.2 Å². The number of pyridine rings is 1. The third-order valence-electron chi connectivity index (χ3n) is 8.75. The van der Waals surface area contributed by atoms with E-state index in [4.69, 9.17) is 14.6 Å². The highest BCUT2D eigenvalue weighted by Crippen LogP contribution is 2.44. The van der Waals surface area contributed by atoms with Gasteiger partial charge in [0.1, 0.15) is 12.4 Å². The summed E-state index contributed by atoms with van der Waals surface area (Å²) < 4.78 is 135. The molecule has 0 bridgehead atoms. The zero-order valence-electron chi connectivity index (χ0n) is 27.5. The minimum absolute atomic E-state index is 0.0105. The Morgan fingerprint density at radius 2 is 1.56 bits per heavy atom. The highest BCUT2D eigenvalue weighted by atomic mass is 19.4. The summed E-state index contributed by atoms with van der Waals surface area (Å²) >= 11 is 0. The van der Waals surface area contributed by atoms with Crippen molar-refractivity contribution in [1.29, 1.82) is 0 Å².